The summed E-state index contributed by atoms with van der Waals surface area (Å²) in [6, 6.07) is 6.28. The van der Waals surface area contributed by atoms with Crippen LogP contribution in [0.25, 0.3) is 5.69 Å². The first-order valence-electron chi connectivity index (χ1n) is 5.45. The molecule has 2 heterocycles. The first-order valence-corrected chi connectivity index (χ1v) is 5.45. The van der Waals surface area contributed by atoms with Crippen molar-refractivity contribution in [2.24, 2.45) is 0 Å². The first-order chi connectivity index (χ1) is 8.25. The minimum absolute atomic E-state index is 0.290. The highest BCUT2D eigenvalue weighted by Gasteiger charge is 2.20. The molecule has 1 aromatic carbocycles. The highest BCUT2D eigenvalue weighted by Crippen LogP contribution is 2.25. The summed E-state index contributed by atoms with van der Waals surface area (Å²) < 4.78 is 20.2. The largest absolute Gasteiger partial charge is 0.382 e. The summed E-state index contributed by atoms with van der Waals surface area (Å²) in [5.41, 5.74) is 8.46. The van der Waals surface area contributed by atoms with Crippen molar-refractivity contribution in [3.05, 3.63) is 41.3 Å². The Hall–Kier alpha value is -1.88. The van der Waals surface area contributed by atoms with Crippen molar-refractivity contribution in [2.75, 3.05) is 12.3 Å². The van der Waals surface area contributed by atoms with Crippen LogP contribution in [-0.2, 0) is 17.8 Å². The fraction of sp³-hybridized carbons (Fsp3) is 0.250. The predicted octanol–water partition coefficient (Wildman–Crippen LogP) is 1.67. The second kappa shape index (κ2) is 3.85. The van der Waals surface area contributed by atoms with Crippen LogP contribution in [-0.4, -0.2) is 16.4 Å². The number of hydrogen-bond donors (Lipinski definition) is 1. The Kier molecular flexibility index (Phi) is 2.33. The lowest BCUT2D eigenvalue weighted by molar-refractivity contribution is 0.106. The zero-order valence-corrected chi connectivity index (χ0v) is 9.19. The van der Waals surface area contributed by atoms with Crippen LogP contribution in [0.5, 0.6) is 0 Å². The minimum atomic E-state index is -0.290. The van der Waals surface area contributed by atoms with Gasteiger partial charge in [0.2, 0.25) is 0 Å². The van der Waals surface area contributed by atoms with Crippen LogP contribution in [0.4, 0.5) is 10.2 Å². The van der Waals surface area contributed by atoms with Gasteiger partial charge < -0.3 is 10.5 Å². The average Bonchev–Trinajstić information content (AvgIpc) is 2.68. The number of aromatic nitrogens is 2. The normalized spacial score (nSPS) is 14.6. The quantitative estimate of drug-likeness (QED) is 0.815. The summed E-state index contributed by atoms with van der Waals surface area (Å²) >= 11 is 0. The van der Waals surface area contributed by atoms with Crippen molar-refractivity contribution in [3.63, 3.8) is 0 Å². The highest BCUT2D eigenvalue weighted by molar-refractivity contribution is 5.47. The molecular weight excluding hydrogens is 221 g/mol. The van der Waals surface area contributed by atoms with Gasteiger partial charge in [-0.2, -0.15) is 5.10 Å². The number of rotatable bonds is 1. The Morgan fingerprint density at radius 3 is 3.12 bits per heavy atom. The Labute approximate surface area is 97.8 Å². The molecule has 0 saturated heterocycles. The molecular formula is C12H12FN3O. The molecule has 0 unspecified atom stereocenters. The van der Waals surface area contributed by atoms with E-state index in [0.717, 1.165) is 17.7 Å². The SMILES string of the molecule is Nc1nn(-c2cccc(F)c2)c2c1CCOC2. The van der Waals surface area contributed by atoms with Crippen molar-refractivity contribution >= 4 is 5.82 Å². The van der Waals surface area contributed by atoms with E-state index in [9.17, 15) is 4.39 Å². The highest BCUT2D eigenvalue weighted by atomic mass is 19.1. The standard InChI is InChI=1S/C12H12FN3O/c13-8-2-1-3-9(6-8)16-11-7-17-5-4-10(11)12(14)15-16/h1-3,6H,4-5,7H2,(H2,14,15). The maximum absolute atomic E-state index is 13.2. The maximum Gasteiger partial charge on any atom is 0.149 e. The average molecular weight is 233 g/mol. The number of nitrogen functional groups attached to an aromatic ring is 1. The number of hydrogen-bond acceptors (Lipinski definition) is 3. The van der Waals surface area contributed by atoms with E-state index in [1.807, 2.05) is 0 Å². The Morgan fingerprint density at radius 2 is 2.29 bits per heavy atom. The van der Waals surface area contributed by atoms with Gasteiger partial charge in [0.1, 0.15) is 11.6 Å². The number of nitrogens with zero attached hydrogens (tertiary/aromatic N) is 2. The third-order valence-corrected chi connectivity index (χ3v) is 2.91. The molecule has 2 N–H and O–H groups in total. The molecule has 0 atom stereocenters. The van der Waals surface area contributed by atoms with Gasteiger partial charge in [0.05, 0.1) is 24.6 Å². The molecule has 1 aliphatic rings. The molecule has 2 aromatic rings. The molecule has 88 valence electrons. The lowest BCUT2D eigenvalue weighted by Crippen LogP contribution is -2.13. The maximum atomic E-state index is 13.2. The molecule has 0 spiro atoms. The molecule has 0 fully saturated rings. The zero-order chi connectivity index (χ0) is 11.8. The number of fused-ring (bicyclic) bond motifs is 1. The number of anilines is 1. The summed E-state index contributed by atoms with van der Waals surface area (Å²) in [7, 11) is 0. The van der Waals surface area contributed by atoms with Crippen molar-refractivity contribution in [3.8, 4) is 5.69 Å². The molecule has 0 aliphatic carbocycles. The summed E-state index contributed by atoms with van der Waals surface area (Å²) in [6.45, 7) is 1.13. The number of benzene rings is 1. The molecule has 3 rings (SSSR count). The summed E-state index contributed by atoms with van der Waals surface area (Å²) in [5, 5.41) is 4.25. The number of nitrogens with two attached hydrogens (primary N) is 1. The van der Waals surface area contributed by atoms with Crippen molar-refractivity contribution in [1.29, 1.82) is 0 Å². The van der Waals surface area contributed by atoms with Crippen molar-refractivity contribution in [2.45, 2.75) is 13.0 Å². The van der Waals surface area contributed by atoms with Gasteiger partial charge in [-0.15, -0.1) is 0 Å². The molecule has 4 nitrogen and oxygen atoms in total. The van der Waals surface area contributed by atoms with E-state index in [1.165, 1.54) is 12.1 Å². The third kappa shape index (κ3) is 1.68. The van der Waals surface area contributed by atoms with E-state index in [4.69, 9.17) is 10.5 Å². The van der Waals surface area contributed by atoms with Gasteiger partial charge in [-0.05, 0) is 18.2 Å². The van der Waals surface area contributed by atoms with Crippen LogP contribution < -0.4 is 5.73 Å². The van der Waals surface area contributed by atoms with Crippen molar-refractivity contribution < 1.29 is 9.13 Å². The van der Waals surface area contributed by atoms with Gasteiger partial charge in [0, 0.05) is 12.0 Å². The fourth-order valence-electron chi connectivity index (χ4n) is 2.09. The lowest BCUT2D eigenvalue weighted by Gasteiger charge is -2.14. The summed E-state index contributed by atoms with van der Waals surface area (Å²) in [5.74, 6) is 0.217. The van der Waals surface area contributed by atoms with Gasteiger partial charge in [-0.3, -0.25) is 0 Å². The van der Waals surface area contributed by atoms with Gasteiger partial charge in [0.15, 0.2) is 0 Å². The van der Waals surface area contributed by atoms with E-state index < -0.39 is 0 Å². The van der Waals surface area contributed by atoms with Gasteiger partial charge in [0.25, 0.3) is 0 Å². The number of halogens is 1. The molecule has 1 aromatic heterocycles. The fourth-order valence-corrected chi connectivity index (χ4v) is 2.09. The molecule has 0 bridgehead atoms. The lowest BCUT2D eigenvalue weighted by atomic mass is 10.1. The zero-order valence-electron chi connectivity index (χ0n) is 9.19. The van der Waals surface area contributed by atoms with E-state index in [-0.39, 0.29) is 5.82 Å². The molecule has 0 amide bonds. The molecule has 5 heteroatoms. The summed E-state index contributed by atoms with van der Waals surface area (Å²) in [6.07, 6.45) is 0.760. The van der Waals surface area contributed by atoms with Crippen LogP contribution in [0.15, 0.2) is 24.3 Å². The van der Waals surface area contributed by atoms with Crippen LogP contribution >= 0.6 is 0 Å². The second-order valence-electron chi connectivity index (χ2n) is 4.00. The first kappa shape index (κ1) is 10.3. The van der Waals surface area contributed by atoms with E-state index in [0.29, 0.717) is 24.7 Å². The third-order valence-electron chi connectivity index (χ3n) is 2.91. The predicted molar refractivity (Wildman–Crippen MR) is 61.3 cm³/mol. The van der Waals surface area contributed by atoms with Gasteiger partial charge >= 0.3 is 0 Å². The van der Waals surface area contributed by atoms with Gasteiger partial charge in [-0.1, -0.05) is 6.07 Å². The Bertz CT molecular complexity index is 565. The molecule has 0 radical (unpaired) electrons. The minimum Gasteiger partial charge on any atom is -0.382 e. The topological polar surface area (TPSA) is 53.1 Å². The van der Waals surface area contributed by atoms with E-state index in [2.05, 4.69) is 5.10 Å². The van der Waals surface area contributed by atoms with Crippen LogP contribution in [0, 0.1) is 5.82 Å². The smallest absolute Gasteiger partial charge is 0.149 e. The second-order valence-corrected chi connectivity index (χ2v) is 4.00. The van der Waals surface area contributed by atoms with Crippen LogP contribution in [0.2, 0.25) is 0 Å². The Balaban J connectivity index is 2.15. The van der Waals surface area contributed by atoms with Crippen LogP contribution in [0.3, 0.4) is 0 Å². The molecule has 17 heavy (non-hydrogen) atoms. The molecule has 1 aliphatic heterocycles. The van der Waals surface area contributed by atoms with Gasteiger partial charge in [-0.25, -0.2) is 9.07 Å². The summed E-state index contributed by atoms with van der Waals surface area (Å²) in [4.78, 5) is 0. The van der Waals surface area contributed by atoms with Crippen LogP contribution in [0.1, 0.15) is 11.3 Å². The van der Waals surface area contributed by atoms with E-state index >= 15 is 0 Å². The Morgan fingerprint density at radius 1 is 1.41 bits per heavy atom. The van der Waals surface area contributed by atoms with Crippen molar-refractivity contribution in [1.82, 2.24) is 9.78 Å². The monoisotopic (exact) mass is 233 g/mol. The molecule has 0 saturated carbocycles. The number of ether oxygens (including phenoxy) is 1. The van der Waals surface area contributed by atoms with E-state index in [1.54, 1.807) is 16.8 Å².